The fourth-order valence-corrected chi connectivity index (χ4v) is 2.72. The van der Waals surface area contributed by atoms with Crippen LogP contribution in [0.2, 0.25) is 0 Å². The minimum atomic E-state index is 0. The van der Waals surface area contributed by atoms with Crippen LogP contribution < -0.4 is 10.6 Å². The molecule has 6 nitrogen and oxygen atoms in total. The van der Waals surface area contributed by atoms with Gasteiger partial charge in [0, 0.05) is 33.1 Å². The Balaban J connectivity index is 0.00000576. The van der Waals surface area contributed by atoms with E-state index < -0.39 is 0 Å². The third kappa shape index (κ3) is 11.4. The molecular weight excluding hydrogens is 427 g/mol. The highest BCUT2D eigenvalue weighted by atomic mass is 127. The number of halogens is 1. The molecule has 2 N–H and O–H groups in total. The van der Waals surface area contributed by atoms with Crippen molar-refractivity contribution in [1.29, 1.82) is 0 Å². The van der Waals surface area contributed by atoms with Crippen molar-refractivity contribution in [3.05, 3.63) is 12.2 Å². The summed E-state index contributed by atoms with van der Waals surface area (Å²) in [4.78, 5) is 4.27. The van der Waals surface area contributed by atoms with Crippen LogP contribution in [0.3, 0.4) is 0 Å². The average molecular weight is 464 g/mol. The molecule has 0 radical (unpaired) electrons. The van der Waals surface area contributed by atoms with Gasteiger partial charge in [0.05, 0.1) is 0 Å². The first-order valence-electron chi connectivity index (χ1n) is 9.63. The zero-order valence-electron chi connectivity index (χ0n) is 16.3. The Hall–Kier alpha value is -0.860. The third-order valence-corrected chi connectivity index (χ3v) is 4.20. The van der Waals surface area contributed by atoms with Crippen molar-refractivity contribution in [1.82, 2.24) is 25.4 Å². The van der Waals surface area contributed by atoms with E-state index in [1.54, 1.807) is 6.33 Å². The van der Waals surface area contributed by atoms with E-state index in [9.17, 15) is 0 Å². The van der Waals surface area contributed by atoms with E-state index in [4.69, 9.17) is 0 Å². The molecule has 0 atom stereocenters. The summed E-state index contributed by atoms with van der Waals surface area (Å²) in [5.41, 5.74) is 0. The Bertz CT molecular complexity index is 447. The molecular formula is C18H37IN6. The summed E-state index contributed by atoms with van der Waals surface area (Å²) in [5.74, 6) is 1.91. The number of unbranched alkanes of at least 4 members (excludes halogenated alkanes) is 7. The number of aromatic nitrogens is 3. The number of hydrogen-bond acceptors (Lipinski definition) is 3. The molecule has 1 rings (SSSR count). The molecule has 0 amide bonds. The predicted octanol–water partition coefficient (Wildman–Crippen LogP) is 3.76. The van der Waals surface area contributed by atoms with E-state index in [0.29, 0.717) is 0 Å². The molecule has 146 valence electrons. The van der Waals surface area contributed by atoms with Gasteiger partial charge in [0.1, 0.15) is 12.2 Å². The quantitative estimate of drug-likeness (QED) is 0.202. The van der Waals surface area contributed by atoms with Gasteiger partial charge in [0.15, 0.2) is 5.96 Å². The monoisotopic (exact) mass is 464 g/mol. The number of nitrogens with one attached hydrogen (secondary N) is 2. The van der Waals surface area contributed by atoms with Crippen molar-refractivity contribution < 1.29 is 0 Å². The van der Waals surface area contributed by atoms with Gasteiger partial charge in [-0.2, -0.15) is 0 Å². The SMILES string of the molecule is CCCCCCCCCCNC(=NC)NCCn1cnnc1CC.I. The topological polar surface area (TPSA) is 67.1 Å². The Kier molecular flexibility index (Phi) is 16.0. The van der Waals surface area contributed by atoms with Gasteiger partial charge in [-0.05, 0) is 6.42 Å². The van der Waals surface area contributed by atoms with Crippen LogP contribution in [0, 0.1) is 0 Å². The van der Waals surface area contributed by atoms with Gasteiger partial charge in [-0.1, -0.05) is 58.8 Å². The molecule has 1 heterocycles. The van der Waals surface area contributed by atoms with E-state index in [2.05, 4.69) is 44.2 Å². The number of aliphatic imine (C=N–C) groups is 1. The maximum Gasteiger partial charge on any atom is 0.191 e. The van der Waals surface area contributed by atoms with Crippen molar-refractivity contribution in [2.24, 2.45) is 4.99 Å². The van der Waals surface area contributed by atoms with Crippen molar-refractivity contribution in [3.8, 4) is 0 Å². The highest BCUT2D eigenvalue weighted by Crippen LogP contribution is 2.07. The summed E-state index contributed by atoms with van der Waals surface area (Å²) < 4.78 is 2.08. The molecule has 0 saturated heterocycles. The van der Waals surface area contributed by atoms with Gasteiger partial charge < -0.3 is 15.2 Å². The molecule has 0 aliphatic carbocycles. The summed E-state index contributed by atoms with van der Waals surface area (Å²) in [7, 11) is 1.82. The van der Waals surface area contributed by atoms with Crippen molar-refractivity contribution in [3.63, 3.8) is 0 Å². The van der Waals surface area contributed by atoms with Crippen LogP contribution >= 0.6 is 24.0 Å². The average Bonchev–Trinajstić information content (AvgIpc) is 3.06. The minimum Gasteiger partial charge on any atom is -0.356 e. The molecule has 1 aromatic heterocycles. The second kappa shape index (κ2) is 16.6. The van der Waals surface area contributed by atoms with Gasteiger partial charge in [0.25, 0.3) is 0 Å². The molecule has 0 bridgehead atoms. The highest BCUT2D eigenvalue weighted by Gasteiger charge is 2.02. The molecule has 0 aromatic carbocycles. The van der Waals surface area contributed by atoms with Gasteiger partial charge in [0.2, 0.25) is 0 Å². The van der Waals surface area contributed by atoms with Crippen LogP contribution in [-0.2, 0) is 13.0 Å². The molecule has 0 fully saturated rings. The maximum absolute atomic E-state index is 4.27. The lowest BCUT2D eigenvalue weighted by Crippen LogP contribution is -2.39. The van der Waals surface area contributed by atoms with Crippen LogP contribution in [0.5, 0.6) is 0 Å². The van der Waals surface area contributed by atoms with Crippen molar-refractivity contribution in [2.75, 3.05) is 20.1 Å². The summed E-state index contributed by atoms with van der Waals surface area (Å²) in [6, 6.07) is 0. The van der Waals surface area contributed by atoms with Crippen LogP contribution in [-0.4, -0.2) is 40.9 Å². The van der Waals surface area contributed by atoms with Crippen molar-refractivity contribution >= 4 is 29.9 Å². The van der Waals surface area contributed by atoms with E-state index in [-0.39, 0.29) is 24.0 Å². The Morgan fingerprint density at radius 3 is 2.28 bits per heavy atom. The number of aryl methyl sites for hydroxylation is 1. The van der Waals surface area contributed by atoms with Crippen LogP contribution in [0.15, 0.2) is 11.3 Å². The minimum absolute atomic E-state index is 0. The molecule has 0 aliphatic rings. The van der Waals surface area contributed by atoms with E-state index in [1.807, 2.05) is 7.05 Å². The number of rotatable bonds is 13. The molecule has 25 heavy (non-hydrogen) atoms. The molecule has 0 spiro atoms. The van der Waals surface area contributed by atoms with E-state index in [1.165, 1.54) is 51.4 Å². The van der Waals surface area contributed by atoms with Gasteiger partial charge in [-0.15, -0.1) is 34.2 Å². The fourth-order valence-electron chi connectivity index (χ4n) is 2.72. The predicted molar refractivity (Wildman–Crippen MR) is 117 cm³/mol. The van der Waals surface area contributed by atoms with Crippen LogP contribution in [0.25, 0.3) is 0 Å². The number of guanidine groups is 1. The lowest BCUT2D eigenvalue weighted by Gasteiger charge is -2.12. The smallest absolute Gasteiger partial charge is 0.191 e. The number of hydrogen-bond donors (Lipinski definition) is 2. The molecule has 0 unspecified atom stereocenters. The molecule has 0 saturated carbocycles. The third-order valence-electron chi connectivity index (χ3n) is 4.20. The maximum atomic E-state index is 4.27. The summed E-state index contributed by atoms with van der Waals surface area (Å²) in [6.45, 7) is 7.03. The number of nitrogens with zero attached hydrogens (tertiary/aromatic N) is 4. The molecule has 7 heteroatoms. The first kappa shape index (κ1) is 24.1. The Morgan fingerprint density at radius 2 is 1.64 bits per heavy atom. The van der Waals surface area contributed by atoms with E-state index in [0.717, 1.165) is 37.8 Å². The lowest BCUT2D eigenvalue weighted by molar-refractivity contribution is 0.570. The second-order valence-corrected chi connectivity index (χ2v) is 6.19. The first-order valence-corrected chi connectivity index (χ1v) is 9.63. The largest absolute Gasteiger partial charge is 0.356 e. The van der Waals surface area contributed by atoms with Gasteiger partial charge >= 0.3 is 0 Å². The van der Waals surface area contributed by atoms with Crippen LogP contribution in [0.1, 0.15) is 71.0 Å². The summed E-state index contributed by atoms with van der Waals surface area (Å²) in [6.07, 6.45) is 13.5. The van der Waals surface area contributed by atoms with E-state index >= 15 is 0 Å². The second-order valence-electron chi connectivity index (χ2n) is 6.19. The zero-order chi connectivity index (χ0) is 17.5. The summed E-state index contributed by atoms with van der Waals surface area (Å²) in [5, 5.41) is 14.8. The summed E-state index contributed by atoms with van der Waals surface area (Å²) >= 11 is 0. The standard InChI is InChI=1S/C18H36N6.HI/c1-4-6-7-8-9-10-11-12-13-20-18(19-3)21-14-15-24-16-22-23-17(24)5-2;/h16H,4-15H2,1-3H3,(H2,19,20,21);1H. The lowest BCUT2D eigenvalue weighted by atomic mass is 10.1. The van der Waals surface area contributed by atoms with Gasteiger partial charge in [-0.3, -0.25) is 4.99 Å². The fraction of sp³-hybridized carbons (Fsp3) is 0.833. The zero-order valence-corrected chi connectivity index (χ0v) is 18.6. The van der Waals surface area contributed by atoms with Crippen LogP contribution in [0.4, 0.5) is 0 Å². The normalized spacial score (nSPS) is 11.2. The Labute approximate surface area is 170 Å². The van der Waals surface area contributed by atoms with Gasteiger partial charge in [-0.25, -0.2) is 0 Å². The molecule has 1 aromatic rings. The Morgan fingerprint density at radius 1 is 1.00 bits per heavy atom. The van der Waals surface area contributed by atoms with Crippen molar-refractivity contribution in [2.45, 2.75) is 78.2 Å². The molecule has 0 aliphatic heterocycles. The highest BCUT2D eigenvalue weighted by molar-refractivity contribution is 14.0. The first-order chi connectivity index (χ1) is 11.8.